The zero-order valence-corrected chi connectivity index (χ0v) is 12.2. The molecule has 1 heterocycles. The number of nitrogens with one attached hydrogen (secondary N) is 1. The first-order chi connectivity index (χ1) is 8.86. The smallest absolute Gasteiger partial charge is 0.159 e. The number of hydrogen-bond donors (Lipinski definition) is 1. The highest BCUT2D eigenvalue weighted by molar-refractivity contribution is 4.70. The van der Waals surface area contributed by atoms with Gasteiger partial charge < -0.3 is 14.8 Å². The quantitative estimate of drug-likeness (QED) is 0.575. The average Bonchev–Trinajstić information content (AvgIpc) is 2.88. The maximum atomic E-state index is 5.55. The second kappa shape index (κ2) is 10.8. The van der Waals surface area contributed by atoms with Gasteiger partial charge in [-0.2, -0.15) is 0 Å². The van der Waals surface area contributed by atoms with Crippen molar-refractivity contribution in [1.82, 2.24) is 5.32 Å². The van der Waals surface area contributed by atoms with Crippen molar-refractivity contribution >= 4 is 0 Å². The van der Waals surface area contributed by atoms with E-state index in [2.05, 4.69) is 19.2 Å². The van der Waals surface area contributed by atoms with Crippen molar-refractivity contribution in [2.75, 3.05) is 19.8 Å². The molecule has 0 aromatic rings. The molecule has 1 atom stereocenters. The Morgan fingerprint density at radius 1 is 1.00 bits per heavy atom. The number of ether oxygens (including phenoxy) is 2. The van der Waals surface area contributed by atoms with Gasteiger partial charge in [0.25, 0.3) is 0 Å². The number of hydrogen-bond acceptors (Lipinski definition) is 3. The minimum Gasteiger partial charge on any atom is -0.350 e. The Morgan fingerprint density at radius 3 is 2.39 bits per heavy atom. The summed E-state index contributed by atoms with van der Waals surface area (Å²) in [5.41, 5.74) is 0. The molecule has 1 fully saturated rings. The van der Waals surface area contributed by atoms with E-state index in [0.717, 1.165) is 26.2 Å². The van der Waals surface area contributed by atoms with E-state index in [9.17, 15) is 0 Å². The fraction of sp³-hybridized carbons (Fsp3) is 1.00. The lowest BCUT2D eigenvalue weighted by Gasteiger charge is -2.21. The third-order valence-corrected chi connectivity index (χ3v) is 3.51. The van der Waals surface area contributed by atoms with Gasteiger partial charge in [-0.15, -0.1) is 0 Å². The normalized spacial score (nSPS) is 18.3. The van der Waals surface area contributed by atoms with Crippen molar-refractivity contribution in [3.05, 3.63) is 0 Å². The second-order valence-electron chi connectivity index (χ2n) is 5.26. The Kier molecular flexibility index (Phi) is 9.54. The molecule has 1 saturated heterocycles. The van der Waals surface area contributed by atoms with Crippen LogP contribution in [0.5, 0.6) is 0 Å². The third-order valence-electron chi connectivity index (χ3n) is 3.51. The van der Waals surface area contributed by atoms with Crippen LogP contribution in [-0.2, 0) is 9.47 Å². The van der Waals surface area contributed by atoms with E-state index >= 15 is 0 Å². The van der Waals surface area contributed by atoms with Gasteiger partial charge in [-0.1, -0.05) is 46.0 Å². The number of unbranched alkanes of at least 4 members (excludes halogenated alkanes) is 4. The molecule has 0 aromatic heterocycles. The SMILES string of the molecule is CCCCCCCC(CC1OCCO1)NCCC. The van der Waals surface area contributed by atoms with E-state index < -0.39 is 0 Å². The lowest BCUT2D eigenvalue weighted by Crippen LogP contribution is -2.33. The van der Waals surface area contributed by atoms with Gasteiger partial charge in [0.1, 0.15) is 0 Å². The maximum absolute atomic E-state index is 5.55. The van der Waals surface area contributed by atoms with Gasteiger partial charge in [0.15, 0.2) is 6.29 Å². The van der Waals surface area contributed by atoms with Crippen molar-refractivity contribution in [3.63, 3.8) is 0 Å². The molecule has 0 aromatic carbocycles. The van der Waals surface area contributed by atoms with Gasteiger partial charge in [-0.25, -0.2) is 0 Å². The van der Waals surface area contributed by atoms with Crippen molar-refractivity contribution in [1.29, 1.82) is 0 Å². The Balaban J connectivity index is 2.13. The summed E-state index contributed by atoms with van der Waals surface area (Å²) >= 11 is 0. The van der Waals surface area contributed by atoms with E-state index in [1.165, 1.54) is 44.9 Å². The van der Waals surface area contributed by atoms with E-state index in [4.69, 9.17) is 9.47 Å². The largest absolute Gasteiger partial charge is 0.350 e. The molecular formula is C15H31NO2. The van der Waals surface area contributed by atoms with Crippen LogP contribution >= 0.6 is 0 Å². The first-order valence-electron chi connectivity index (χ1n) is 7.83. The molecule has 0 bridgehead atoms. The highest BCUT2D eigenvalue weighted by Crippen LogP contribution is 2.15. The van der Waals surface area contributed by atoms with E-state index in [1.54, 1.807) is 0 Å². The standard InChI is InChI=1S/C15H31NO2/c1-3-5-6-7-8-9-14(16-10-4-2)13-15-17-11-12-18-15/h14-16H,3-13H2,1-2H3. The van der Waals surface area contributed by atoms with Crippen LogP contribution in [0.4, 0.5) is 0 Å². The molecule has 1 unspecified atom stereocenters. The molecule has 18 heavy (non-hydrogen) atoms. The summed E-state index contributed by atoms with van der Waals surface area (Å²) in [6.07, 6.45) is 10.3. The molecule has 3 nitrogen and oxygen atoms in total. The minimum atomic E-state index is 0.0370. The predicted octanol–water partition coefficient (Wildman–Crippen LogP) is 3.48. The van der Waals surface area contributed by atoms with Crippen LogP contribution < -0.4 is 5.32 Å². The summed E-state index contributed by atoms with van der Waals surface area (Å²) in [5.74, 6) is 0. The van der Waals surface area contributed by atoms with Crippen LogP contribution in [0.15, 0.2) is 0 Å². The lowest BCUT2D eigenvalue weighted by atomic mass is 10.0. The van der Waals surface area contributed by atoms with Crippen LogP contribution in [0, 0.1) is 0 Å². The van der Waals surface area contributed by atoms with Crippen LogP contribution in [-0.4, -0.2) is 32.1 Å². The maximum Gasteiger partial charge on any atom is 0.159 e. The van der Waals surface area contributed by atoms with E-state index in [0.29, 0.717) is 6.04 Å². The fourth-order valence-corrected chi connectivity index (χ4v) is 2.42. The summed E-state index contributed by atoms with van der Waals surface area (Å²) < 4.78 is 11.1. The zero-order valence-electron chi connectivity index (χ0n) is 12.2. The van der Waals surface area contributed by atoms with Crippen LogP contribution in [0.1, 0.15) is 65.2 Å². The molecule has 0 aliphatic carbocycles. The predicted molar refractivity (Wildman–Crippen MR) is 75.8 cm³/mol. The average molecular weight is 257 g/mol. The Hall–Kier alpha value is -0.120. The zero-order chi connectivity index (χ0) is 13.1. The van der Waals surface area contributed by atoms with Gasteiger partial charge in [0, 0.05) is 12.5 Å². The Bertz CT molecular complexity index is 181. The highest BCUT2D eigenvalue weighted by atomic mass is 16.7. The summed E-state index contributed by atoms with van der Waals surface area (Å²) in [7, 11) is 0. The number of rotatable bonds is 11. The molecule has 108 valence electrons. The van der Waals surface area contributed by atoms with Gasteiger partial charge >= 0.3 is 0 Å². The van der Waals surface area contributed by atoms with Crippen molar-refractivity contribution in [3.8, 4) is 0 Å². The molecule has 0 spiro atoms. The highest BCUT2D eigenvalue weighted by Gasteiger charge is 2.20. The van der Waals surface area contributed by atoms with Gasteiger partial charge in [0.2, 0.25) is 0 Å². The Morgan fingerprint density at radius 2 is 1.72 bits per heavy atom. The second-order valence-corrected chi connectivity index (χ2v) is 5.26. The summed E-state index contributed by atoms with van der Waals surface area (Å²) in [6.45, 7) is 7.12. The molecule has 0 radical (unpaired) electrons. The van der Waals surface area contributed by atoms with Gasteiger partial charge in [-0.3, -0.25) is 0 Å². The lowest BCUT2D eigenvalue weighted by molar-refractivity contribution is -0.0532. The first kappa shape index (κ1) is 15.9. The topological polar surface area (TPSA) is 30.5 Å². The van der Waals surface area contributed by atoms with Crippen molar-refractivity contribution in [2.45, 2.75) is 77.5 Å². The van der Waals surface area contributed by atoms with E-state index in [-0.39, 0.29) is 6.29 Å². The molecule has 3 heteroatoms. The molecule has 1 aliphatic rings. The van der Waals surface area contributed by atoms with Gasteiger partial charge in [0.05, 0.1) is 13.2 Å². The van der Waals surface area contributed by atoms with Crippen LogP contribution in [0.3, 0.4) is 0 Å². The van der Waals surface area contributed by atoms with Crippen LogP contribution in [0.2, 0.25) is 0 Å². The Labute approximate surface area is 113 Å². The molecule has 0 amide bonds. The first-order valence-corrected chi connectivity index (χ1v) is 7.83. The molecule has 1 rings (SSSR count). The molecule has 0 saturated carbocycles. The fourth-order valence-electron chi connectivity index (χ4n) is 2.42. The molecular weight excluding hydrogens is 226 g/mol. The molecule has 1 aliphatic heterocycles. The third kappa shape index (κ3) is 7.34. The van der Waals surface area contributed by atoms with Crippen molar-refractivity contribution in [2.24, 2.45) is 0 Å². The minimum absolute atomic E-state index is 0.0370. The monoisotopic (exact) mass is 257 g/mol. The summed E-state index contributed by atoms with van der Waals surface area (Å²) in [6, 6.07) is 0.565. The summed E-state index contributed by atoms with van der Waals surface area (Å²) in [4.78, 5) is 0. The van der Waals surface area contributed by atoms with E-state index in [1.807, 2.05) is 0 Å². The van der Waals surface area contributed by atoms with Crippen molar-refractivity contribution < 1.29 is 9.47 Å². The van der Waals surface area contributed by atoms with Gasteiger partial charge in [-0.05, 0) is 19.4 Å². The van der Waals surface area contributed by atoms with Crippen LogP contribution in [0.25, 0.3) is 0 Å². The molecule has 1 N–H and O–H groups in total. The summed E-state index contributed by atoms with van der Waals surface area (Å²) in [5, 5.41) is 3.63.